The van der Waals surface area contributed by atoms with Gasteiger partial charge in [0.05, 0.1) is 30.8 Å². The zero-order chi connectivity index (χ0) is 13.7. The van der Waals surface area contributed by atoms with E-state index in [1.165, 1.54) is 18.2 Å². The molecule has 1 aromatic rings. The summed E-state index contributed by atoms with van der Waals surface area (Å²) in [5.41, 5.74) is -0.0786. The fraction of sp³-hybridized carbons (Fsp3) is 0.333. The number of halogens is 1. The van der Waals surface area contributed by atoms with Crippen molar-refractivity contribution in [2.24, 2.45) is 4.99 Å². The Bertz CT molecular complexity index is 494. The van der Waals surface area contributed by atoms with Crippen LogP contribution in [0.15, 0.2) is 29.3 Å². The van der Waals surface area contributed by atoms with E-state index in [0.717, 1.165) is 12.0 Å². The molecule has 1 saturated heterocycles. The van der Waals surface area contributed by atoms with Crippen LogP contribution in [0.3, 0.4) is 0 Å². The molecular formula is C12H13FN2O3S. The average Bonchev–Trinajstić information content (AvgIpc) is 2.41. The highest BCUT2D eigenvalue weighted by Gasteiger charge is 2.20. The van der Waals surface area contributed by atoms with Crippen LogP contribution in [0.2, 0.25) is 0 Å². The van der Waals surface area contributed by atoms with Crippen LogP contribution in [0.25, 0.3) is 0 Å². The van der Waals surface area contributed by atoms with Crippen LogP contribution in [0.4, 0.5) is 4.39 Å². The lowest BCUT2D eigenvalue weighted by atomic mass is 10.2. The molecule has 1 aromatic carbocycles. The average molecular weight is 284 g/mol. The lowest BCUT2D eigenvalue weighted by Crippen LogP contribution is -2.38. The van der Waals surface area contributed by atoms with Crippen molar-refractivity contribution in [1.82, 2.24) is 4.90 Å². The number of carbonyl (C=O) groups excluding carboxylic acids is 1. The third-order valence-electron chi connectivity index (χ3n) is 2.52. The van der Waals surface area contributed by atoms with E-state index in [2.05, 4.69) is 4.99 Å². The second kappa shape index (κ2) is 6.65. The number of rotatable bonds is 3. The highest BCUT2D eigenvalue weighted by molar-refractivity contribution is 8.09. The van der Waals surface area contributed by atoms with E-state index in [4.69, 9.17) is 9.29 Å². The van der Waals surface area contributed by atoms with Gasteiger partial charge in [-0.25, -0.2) is 4.39 Å². The Hall–Kier alpha value is -1.44. The number of nitrogens with zero attached hydrogens (tertiary/aromatic N) is 2. The summed E-state index contributed by atoms with van der Waals surface area (Å²) in [6.45, 7) is 1.34. The third kappa shape index (κ3) is 3.52. The molecule has 7 heteroatoms. The lowest BCUT2D eigenvalue weighted by molar-refractivity contribution is 0.0996. The van der Waals surface area contributed by atoms with Crippen molar-refractivity contribution in [2.45, 2.75) is 0 Å². The van der Waals surface area contributed by atoms with Crippen LogP contribution in [0.5, 0.6) is 0 Å². The second-order valence-corrected chi connectivity index (χ2v) is 4.56. The maximum Gasteiger partial charge on any atom is 0.282 e. The normalized spacial score (nSPS) is 17.8. The molecule has 0 unspecified atom stereocenters. The topological polar surface area (TPSA) is 62.1 Å². The van der Waals surface area contributed by atoms with Crippen LogP contribution >= 0.6 is 12.0 Å². The minimum Gasteiger partial charge on any atom is -0.395 e. The van der Waals surface area contributed by atoms with Crippen molar-refractivity contribution in [3.8, 4) is 0 Å². The van der Waals surface area contributed by atoms with Gasteiger partial charge in [0.1, 0.15) is 5.82 Å². The Kier molecular flexibility index (Phi) is 4.89. The number of β-amino-alcohol motifs (C(OH)–C–C–N with tert-alkyl or cyclic N) is 1. The Morgan fingerprint density at radius 2 is 2.32 bits per heavy atom. The Morgan fingerprint density at radius 3 is 3.05 bits per heavy atom. The standard InChI is InChI=1S/C12H13FN2O3S/c13-10-4-2-1-3-9(10)11(17)14-12-15(5-7-16)6-8-18-19-12/h1-4,16H,5-8H2. The van der Waals surface area contributed by atoms with Crippen molar-refractivity contribution < 1.29 is 18.5 Å². The van der Waals surface area contributed by atoms with E-state index in [9.17, 15) is 9.18 Å². The third-order valence-corrected chi connectivity index (χ3v) is 3.30. The lowest BCUT2D eigenvalue weighted by Gasteiger charge is -2.27. The van der Waals surface area contributed by atoms with Gasteiger partial charge in [0, 0.05) is 13.1 Å². The van der Waals surface area contributed by atoms with E-state index in [0.29, 0.717) is 24.9 Å². The second-order valence-electron chi connectivity index (χ2n) is 3.80. The summed E-state index contributed by atoms with van der Waals surface area (Å²) < 4.78 is 18.6. The molecule has 1 fully saturated rings. The van der Waals surface area contributed by atoms with E-state index < -0.39 is 11.7 Å². The van der Waals surface area contributed by atoms with Gasteiger partial charge in [0.15, 0.2) is 5.17 Å². The number of aliphatic imine (C=N–C) groups is 1. The number of amides is 1. The van der Waals surface area contributed by atoms with E-state index in [1.54, 1.807) is 11.0 Å². The maximum absolute atomic E-state index is 13.5. The van der Waals surface area contributed by atoms with Crippen LogP contribution in [0, 0.1) is 5.82 Å². The predicted octanol–water partition coefficient (Wildman–Crippen LogP) is 1.29. The van der Waals surface area contributed by atoms with Gasteiger partial charge in [-0.2, -0.15) is 4.99 Å². The van der Waals surface area contributed by atoms with E-state index >= 15 is 0 Å². The molecule has 102 valence electrons. The number of hydrogen-bond donors (Lipinski definition) is 1. The molecule has 0 bridgehead atoms. The molecule has 1 aliphatic rings. The Balaban J connectivity index is 2.19. The zero-order valence-electron chi connectivity index (χ0n) is 10.1. The molecule has 0 aromatic heterocycles. The molecule has 2 rings (SSSR count). The van der Waals surface area contributed by atoms with Crippen molar-refractivity contribution in [1.29, 1.82) is 0 Å². The van der Waals surface area contributed by atoms with Crippen LogP contribution in [-0.4, -0.2) is 47.4 Å². The van der Waals surface area contributed by atoms with Crippen LogP contribution in [0.1, 0.15) is 10.4 Å². The number of aliphatic hydroxyl groups is 1. The van der Waals surface area contributed by atoms with Gasteiger partial charge in [-0.3, -0.25) is 4.79 Å². The monoisotopic (exact) mass is 284 g/mol. The quantitative estimate of drug-likeness (QED) is 0.848. The first-order valence-electron chi connectivity index (χ1n) is 5.75. The van der Waals surface area contributed by atoms with Crippen molar-refractivity contribution >= 4 is 23.1 Å². The van der Waals surface area contributed by atoms with Crippen molar-refractivity contribution in [3.63, 3.8) is 0 Å². The highest BCUT2D eigenvalue weighted by atomic mass is 32.2. The molecular weight excluding hydrogens is 271 g/mol. The molecule has 0 atom stereocenters. The summed E-state index contributed by atoms with van der Waals surface area (Å²) in [4.78, 5) is 17.5. The van der Waals surface area contributed by atoms with Crippen LogP contribution < -0.4 is 0 Å². The molecule has 1 N–H and O–H groups in total. The fourth-order valence-corrected chi connectivity index (χ4v) is 2.26. The van der Waals surface area contributed by atoms with Crippen LogP contribution in [-0.2, 0) is 4.18 Å². The molecule has 0 aliphatic carbocycles. The number of benzene rings is 1. The predicted molar refractivity (Wildman–Crippen MR) is 70.4 cm³/mol. The molecule has 1 aliphatic heterocycles. The molecule has 5 nitrogen and oxygen atoms in total. The SMILES string of the molecule is O=C(N=C1SOCCN1CCO)c1ccccc1F. The first-order valence-corrected chi connectivity index (χ1v) is 6.49. The largest absolute Gasteiger partial charge is 0.395 e. The highest BCUT2D eigenvalue weighted by Crippen LogP contribution is 2.17. The number of aliphatic hydroxyl groups excluding tert-OH is 1. The van der Waals surface area contributed by atoms with Crippen molar-refractivity contribution in [3.05, 3.63) is 35.6 Å². The van der Waals surface area contributed by atoms with Gasteiger partial charge < -0.3 is 14.2 Å². The van der Waals surface area contributed by atoms with Gasteiger partial charge in [0.2, 0.25) is 0 Å². The number of carbonyl (C=O) groups is 1. The molecule has 0 radical (unpaired) electrons. The molecule has 1 amide bonds. The van der Waals surface area contributed by atoms with Gasteiger partial charge >= 0.3 is 0 Å². The van der Waals surface area contributed by atoms with E-state index in [1.807, 2.05) is 0 Å². The Morgan fingerprint density at radius 1 is 1.53 bits per heavy atom. The summed E-state index contributed by atoms with van der Waals surface area (Å²) in [5.74, 6) is -1.26. The van der Waals surface area contributed by atoms with Gasteiger partial charge in [-0.05, 0) is 12.1 Å². The molecule has 1 heterocycles. The van der Waals surface area contributed by atoms with Gasteiger partial charge in [0.25, 0.3) is 5.91 Å². The molecule has 19 heavy (non-hydrogen) atoms. The van der Waals surface area contributed by atoms with E-state index in [-0.39, 0.29) is 12.2 Å². The summed E-state index contributed by atoms with van der Waals surface area (Å²) in [6, 6.07) is 5.68. The summed E-state index contributed by atoms with van der Waals surface area (Å²) in [7, 11) is 0. The van der Waals surface area contributed by atoms with Crippen molar-refractivity contribution in [2.75, 3.05) is 26.3 Å². The number of hydrogen-bond acceptors (Lipinski definition) is 4. The molecule has 0 saturated carbocycles. The first kappa shape index (κ1) is 14.0. The number of amidine groups is 1. The summed E-state index contributed by atoms with van der Waals surface area (Å²) in [6.07, 6.45) is 0. The fourth-order valence-electron chi connectivity index (χ4n) is 1.59. The summed E-state index contributed by atoms with van der Waals surface area (Å²) in [5, 5.41) is 9.28. The van der Waals surface area contributed by atoms with Gasteiger partial charge in [-0.15, -0.1) is 0 Å². The maximum atomic E-state index is 13.5. The first-order chi connectivity index (χ1) is 9.22. The Labute approximate surface area is 114 Å². The minimum absolute atomic E-state index is 0.0481. The zero-order valence-corrected chi connectivity index (χ0v) is 10.9. The minimum atomic E-state index is -0.658. The smallest absolute Gasteiger partial charge is 0.282 e. The van der Waals surface area contributed by atoms with Gasteiger partial charge in [-0.1, -0.05) is 12.1 Å². The molecule has 0 spiro atoms. The summed E-state index contributed by atoms with van der Waals surface area (Å²) >= 11 is 0.962.